The fourth-order valence-electron chi connectivity index (χ4n) is 2.02. The quantitative estimate of drug-likeness (QED) is 0.908. The molecule has 0 aliphatic rings. The number of alkyl carbamates (subject to hydrolysis) is 1. The Kier molecular flexibility index (Phi) is 5.62. The van der Waals surface area contributed by atoms with Gasteiger partial charge in [-0.2, -0.15) is 0 Å². The molecule has 1 aromatic heterocycles. The van der Waals surface area contributed by atoms with Crippen LogP contribution in [0.1, 0.15) is 26.3 Å². The number of hydrogen-bond acceptors (Lipinski definition) is 5. The van der Waals surface area contributed by atoms with Gasteiger partial charge in [0.05, 0.1) is 12.8 Å². The number of benzene rings is 1. The lowest BCUT2D eigenvalue weighted by atomic mass is 10.0. The molecule has 0 unspecified atom stereocenters. The van der Waals surface area contributed by atoms with Crippen molar-refractivity contribution in [2.45, 2.75) is 32.9 Å². The molecule has 0 radical (unpaired) electrons. The molecule has 24 heavy (non-hydrogen) atoms. The monoisotopic (exact) mass is 349 g/mol. The highest BCUT2D eigenvalue weighted by molar-refractivity contribution is 6.30. The van der Waals surface area contributed by atoms with Gasteiger partial charge in [0.25, 0.3) is 0 Å². The molecular weight excluding hydrogens is 330 g/mol. The zero-order valence-corrected chi connectivity index (χ0v) is 14.8. The van der Waals surface area contributed by atoms with Gasteiger partial charge in [-0.15, -0.1) is 0 Å². The fourth-order valence-corrected chi connectivity index (χ4v) is 2.19. The number of aromatic nitrogens is 2. The van der Waals surface area contributed by atoms with E-state index >= 15 is 0 Å². The molecule has 1 aromatic carbocycles. The zero-order valence-electron chi connectivity index (χ0n) is 14.1. The molecule has 2 aromatic rings. The predicted octanol–water partition coefficient (Wildman–Crippen LogP) is 3.83. The van der Waals surface area contributed by atoms with E-state index in [-0.39, 0.29) is 6.54 Å². The second-order valence-electron chi connectivity index (χ2n) is 6.10. The third-order valence-electron chi connectivity index (χ3n) is 3.02. The molecule has 0 saturated heterocycles. The molecule has 0 atom stereocenters. The number of rotatable bonds is 4. The van der Waals surface area contributed by atoms with Gasteiger partial charge in [0.15, 0.2) is 0 Å². The fraction of sp³-hybridized carbons (Fsp3) is 0.353. The molecule has 6 nitrogen and oxygen atoms in total. The van der Waals surface area contributed by atoms with E-state index in [0.717, 1.165) is 11.1 Å². The van der Waals surface area contributed by atoms with E-state index in [2.05, 4.69) is 15.3 Å². The lowest BCUT2D eigenvalue weighted by Gasteiger charge is -2.20. The lowest BCUT2D eigenvalue weighted by molar-refractivity contribution is 0.0523. The Morgan fingerprint density at radius 1 is 1.25 bits per heavy atom. The summed E-state index contributed by atoms with van der Waals surface area (Å²) in [6.07, 6.45) is 0.934. The van der Waals surface area contributed by atoms with E-state index in [1.165, 1.54) is 13.4 Å². The summed E-state index contributed by atoms with van der Waals surface area (Å²) < 4.78 is 10.4. The van der Waals surface area contributed by atoms with Crippen molar-refractivity contribution in [3.8, 4) is 17.1 Å². The number of amides is 1. The van der Waals surface area contributed by atoms with Crippen LogP contribution in [0, 0.1) is 0 Å². The highest BCUT2D eigenvalue weighted by Gasteiger charge is 2.16. The van der Waals surface area contributed by atoms with Crippen LogP contribution in [0.15, 0.2) is 30.6 Å². The minimum Gasteiger partial charge on any atom is -0.481 e. The third kappa shape index (κ3) is 5.09. The molecule has 7 heteroatoms. The van der Waals surface area contributed by atoms with E-state index in [9.17, 15) is 4.79 Å². The van der Waals surface area contributed by atoms with E-state index in [1.807, 2.05) is 26.8 Å². The van der Waals surface area contributed by atoms with Gasteiger partial charge >= 0.3 is 6.09 Å². The Balaban J connectivity index is 2.23. The number of methoxy groups -OCH3 is 1. The minimum atomic E-state index is -0.549. The minimum absolute atomic E-state index is 0.285. The maximum Gasteiger partial charge on any atom is 0.407 e. The van der Waals surface area contributed by atoms with Crippen LogP contribution < -0.4 is 10.1 Å². The highest BCUT2D eigenvalue weighted by Crippen LogP contribution is 2.27. The molecule has 128 valence electrons. The van der Waals surface area contributed by atoms with Gasteiger partial charge in [0, 0.05) is 23.2 Å². The summed E-state index contributed by atoms with van der Waals surface area (Å²) in [6, 6.07) is 7.09. The van der Waals surface area contributed by atoms with Crippen molar-refractivity contribution < 1.29 is 14.3 Å². The van der Waals surface area contributed by atoms with Gasteiger partial charge in [-0.1, -0.05) is 17.7 Å². The average Bonchev–Trinajstić information content (AvgIpc) is 2.52. The first kappa shape index (κ1) is 18.0. The Hall–Kier alpha value is -2.34. The second kappa shape index (κ2) is 7.49. The SMILES string of the molecule is COc1cc(-c2cc(Cl)ccc2CNC(=O)OC(C)(C)C)ncn1. The first-order valence-corrected chi connectivity index (χ1v) is 7.78. The number of hydrogen-bond donors (Lipinski definition) is 1. The van der Waals surface area contributed by atoms with E-state index in [1.54, 1.807) is 18.2 Å². The number of ether oxygens (including phenoxy) is 2. The van der Waals surface area contributed by atoms with E-state index < -0.39 is 11.7 Å². The van der Waals surface area contributed by atoms with Gasteiger partial charge in [-0.3, -0.25) is 0 Å². The molecule has 0 fully saturated rings. The first-order chi connectivity index (χ1) is 11.3. The Morgan fingerprint density at radius 3 is 2.67 bits per heavy atom. The maximum atomic E-state index is 11.8. The Morgan fingerprint density at radius 2 is 2.00 bits per heavy atom. The molecule has 0 aliphatic heterocycles. The molecule has 1 N–H and O–H groups in total. The largest absolute Gasteiger partial charge is 0.481 e. The zero-order chi connectivity index (χ0) is 17.7. The summed E-state index contributed by atoms with van der Waals surface area (Å²) in [5, 5.41) is 3.31. The van der Waals surface area contributed by atoms with Gasteiger partial charge in [0.1, 0.15) is 11.9 Å². The normalized spacial score (nSPS) is 11.0. The average molecular weight is 350 g/mol. The number of nitrogens with one attached hydrogen (secondary N) is 1. The molecule has 1 amide bonds. The van der Waals surface area contributed by atoms with Gasteiger partial charge in [-0.05, 0) is 38.5 Å². The summed E-state index contributed by atoms with van der Waals surface area (Å²) in [4.78, 5) is 20.1. The molecule has 2 rings (SSSR count). The van der Waals surface area contributed by atoms with Crippen molar-refractivity contribution in [3.63, 3.8) is 0 Å². The predicted molar refractivity (Wildman–Crippen MR) is 92.1 cm³/mol. The van der Waals surface area contributed by atoms with Crippen LogP contribution in [0.3, 0.4) is 0 Å². The van der Waals surface area contributed by atoms with Crippen LogP contribution in [0.2, 0.25) is 5.02 Å². The van der Waals surface area contributed by atoms with Crippen molar-refractivity contribution in [2.24, 2.45) is 0 Å². The molecule has 0 saturated carbocycles. The van der Waals surface area contributed by atoms with Crippen molar-refractivity contribution in [3.05, 3.63) is 41.2 Å². The molecular formula is C17H20ClN3O3. The molecule has 1 heterocycles. The summed E-state index contributed by atoms with van der Waals surface area (Å²) in [7, 11) is 1.54. The van der Waals surface area contributed by atoms with Crippen LogP contribution in [-0.2, 0) is 11.3 Å². The summed E-state index contributed by atoms with van der Waals surface area (Å²) in [5.41, 5.74) is 1.75. The highest BCUT2D eigenvalue weighted by atomic mass is 35.5. The van der Waals surface area contributed by atoms with E-state index in [4.69, 9.17) is 21.1 Å². The second-order valence-corrected chi connectivity index (χ2v) is 6.54. The number of nitrogens with zero attached hydrogens (tertiary/aromatic N) is 2. The molecule has 0 bridgehead atoms. The van der Waals surface area contributed by atoms with Crippen LogP contribution in [0.25, 0.3) is 11.3 Å². The van der Waals surface area contributed by atoms with Crippen molar-refractivity contribution >= 4 is 17.7 Å². The van der Waals surface area contributed by atoms with Crippen molar-refractivity contribution in [1.29, 1.82) is 0 Å². The van der Waals surface area contributed by atoms with Gasteiger partial charge in [0.2, 0.25) is 5.88 Å². The lowest BCUT2D eigenvalue weighted by Crippen LogP contribution is -2.32. The van der Waals surface area contributed by atoms with Crippen molar-refractivity contribution in [1.82, 2.24) is 15.3 Å². The van der Waals surface area contributed by atoms with Crippen LogP contribution in [0.5, 0.6) is 5.88 Å². The first-order valence-electron chi connectivity index (χ1n) is 7.40. The van der Waals surface area contributed by atoms with E-state index in [0.29, 0.717) is 16.6 Å². The Bertz CT molecular complexity index is 729. The maximum absolute atomic E-state index is 11.8. The van der Waals surface area contributed by atoms with Crippen LogP contribution in [-0.4, -0.2) is 28.8 Å². The molecule has 0 aliphatic carbocycles. The van der Waals surface area contributed by atoms with Crippen LogP contribution >= 0.6 is 11.6 Å². The summed E-state index contributed by atoms with van der Waals surface area (Å²) >= 11 is 6.10. The van der Waals surface area contributed by atoms with Crippen LogP contribution in [0.4, 0.5) is 4.79 Å². The Labute approximate surface area is 146 Å². The summed E-state index contributed by atoms with van der Waals surface area (Å²) in [6.45, 7) is 5.72. The van der Waals surface area contributed by atoms with Gasteiger partial charge < -0.3 is 14.8 Å². The topological polar surface area (TPSA) is 73.3 Å². The smallest absolute Gasteiger partial charge is 0.407 e. The number of halogens is 1. The standard InChI is InChI=1S/C17H20ClN3O3/c1-17(2,3)24-16(22)19-9-11-5-6-12(18)7-13(11)14-8-15(23-4)21-10-20-14/h5-8,10H,9H2,1-4H3,(H,19,22). The summed E-state index contributed by atoms with van der Waals surface area (Å²) in [5.74, 6) is 0.450. The third-order valence-corrected chi connectivity index (χ3v) is 3.26. The molecule has 0 spiro atoms. The van der Waals surface area contributed by atoms with Crippen molar-refractivity contribution in [2.75, 3.05) is 7.11 Å². The number of carbonyl (C=O) groups excluding carboxylic acids is 1. The van der Waals surface area contributed by atoms with Gasteiger partial charge in [-0.25, -0.2) is 14.8 Å². The number of carbonyl (C=O) groups is 1.